The second-order valence-electron chi connectivity index (χ2n) is 19.0. The van der Waals surface area contributed by atoms with E-state index in [0.29, 0.717) is 0 Å². The molecule has 62 heavy (non-hydrogen) atoms. The van der Waals surface area contributed by atoms with Crippen molar-refractivity contribution in [1.29, 1.82) is 0 Å². The van der Waals surface area contributed by atoms with Gasteiger partial charge in [0, 0.05) is 29.7 Å². The van der Waals surface area contributed by atoms with Crippen molar-refractivity contribution in [3.63, 3.8) is 0 Å². The van der Waals surface area contributed by atoms with E-state index >= 15 is 0 Å². The second kappa shape index (κ2) is 33.2. The first kappa shape index (κ1) is 51.2. The minimum atomic E-state index is 0.930. The maximum absolute atomic E-state index is 6.78. The third-order valence-corrected chi connectivity index (χ3v) is 13.4. The van der Waals surface area contributed by atoms with Gasteiger partial charge < -0.3 is 4.74 Å². The van der Waals surface area contributed by atoms with E-state index in [0.717, 1.165) is 42.0 Å². The highest BCUT2D eigenvalue weighted by Gasteiger charge is 2.18. The third-order valence-electron chi connectivity index (χ3n) is 13.4. The zero-order valence-electron chi connectivity index (χ0n) is 40.8. The predicted octanol–water partition coefficient (Wildman–Crippen LogP) is 18.5. The van der Waals surface area contributed by atoms with Gasteiger partial charge in [-0.1, -0.05) is 236 Å². The van der Waals surface area contributed by atoms with E-state index in [9.17, 15) is 0 Å². The molecular weight excluding hydrogens is 751 g/mol. The Labute approximate surface area is 383 Å². The zero-order valence-corrected chi connectivity index (χ0v) is 40.8. The molecule has 2 heteroatoms. The highest BCUT2D eigenvalue weighted by molar-refractivity contribution is 6.02. The van der Waals surface area contributed by atoms with E-state index in [4.69, 9.17) is 4.74 Å². The van der Waals surface area contributed by atoms with Crippen molar-refractivity contribution in [2.45, 2.75) is 226 Å². The lowest BCUT2D eigenvalue weighted by atomic mass is 9.96. The molecule has 0 amide bonds. The number of unbranched alkanes of at least 4 members (excludes halogenated alkanes) is 27. The van der Waals surface area contributed by atoms with Crippen LogP contribution in [-0.4, -0.2) is 23.9 Å². The van der Waals surface area contributed by atoms with Crippen LogP contribution in [0, 0.1) is 0 Å². The molecule has 1 aliphatic heterocycles. The Morgan fingerprint density at radius 2 is 0.677 bits per heavy atom. The maximum atomic E-state index is 6.78. The van der Waals surface area contributed by atoms with Gasteiger partial charge in [-0.3, -0.25) is 0 Å². The Morgan fingerprint density at radius 3 is 1.03 bits per heavy atom. The fourth-order valence-corrected chi connectivity index (χ4v) is 9.13. The zero-order chi connectivity index (χ0) is 43.7. The Kier molecular flexibility index (Phi) is 27.4. The first-order chi connectivity index (χ1) is 30.6. The Balaban J connectivity index is 1.35. The standard InChI is InChI=1S/C60H92NO/c1-5-8-11-14-17-20-23-26-29-32-35-52-37-41-55(42-38-52)59-50-57(54-45-47-58(48-46-54)61(4)49-34-31-28-25-22-19-16-13-10-7-3)51-60(62-59)56-43-39-53(40-44-56)36-33-30-27-24-21-18-15-12-9-6-2/h37-48,50-51H,5-36,49H2,1-4H3/q+1. The Hall–Kier alpha value is -3.39. The molecule has 0 unspecified atom stereocenters. The SMILES string of the molecule is CCCCCCCCCCCCc1ccc(C2=CC(=C3C=CC(=[N+](C)CCCCCCCCCCCC)C=C3)C=C(c3ccc(CCCCCCCCCCCC)cc3)O2)cc1. The van der Waals surface area contributed by atoms with Gasteiger partial charge in [0.1, 0.15) is 25.1 Å². The van der Waals surface area contributed by atoms with Crippen LogP contribution >= 0.6 is 0 Å². The van der Waals surface area contributed by atoms with Crippen LogP contribution in [0.2, 0.25) is 0 Å². The molecule has 0 saturated heterocycles. The van der Waals surface area contributed by atoms with Crippen LogP contribution in [0.25, 0.3) is 11.5 Å². The average molecular weight is 843 g/mol. The van der Waals surface area contributed by atoms with Gasteiger partial charge in [0.05, 0.1) is 0 Å². The van der Waals surface area contributed by atoms with Gasteiger partial charge in [-0.15, -0.1) is 0 Å². The van der Waals surface area contributed by atoms with Crippen LogP contribution in [0.5, 0.6) is 0 Å². The van der Waals surface area contributed by atoms with Crippen molar-refractivity contribution in [2.75, 3.05) is 13.6 Å². The lowest BCUT2D eigenvalue weighted by molar-refractivity contribution is -0.496. The summed E-state index contributed by atoms with van der Waals surface area (Å²) in [7, 11) is 2.25. The van der Waals surface area contributed by atoms with Gasteiger partial charge in [-0.25, -0.2) is 4.58 Å². The van der Waals surface area contributed by atoms with E-state index < -0.39 is 0 Å². The Morgan fingerprint density at radius 1 is 0.355 bits per heavy atom. The van der Waals surface area contributed by atoms with Crippen LogP contribution in [-0.2, 0) is 17.6 Å². The van der Waals surface area contributed by atoms with E-state index in [1.165, 1.54) is 221 Å². The molecule has 0 aromatic heterocycles. The highest BCUT2D eigenvalue weighted by atomic mass is 16.5. The van der Waals surface area contributed by atoms with Gasteiger partial charge in [0.2, 0.25) is 0 Å². The highest BCUT2D eigenvalue weighted by Crippen LogP contribution is 2.35. The van der Waals surface area contributed by atoms with Gasteiger partial charge in [-0.05, 0) is 78.7 Å². The number of rotatable bonds is 35. The topological polar surface area (TPSA) is 12.2 Å². The fraction of sp³-hybridized carbons (Fsp3) is 0.617. The molecule has 0 saturated carbocycles. The van der Waals surface area contributed by atoms with E-state index in [1.54, 1.807) is 0 Å². The summed E-state index contributed by atoms with van der Waals surface area (Å²) in [6.45, 7) is 8.01. The summed E-state index contributed by atoms with van der Waals surface area (Å²) in [6, 6.07) is 18.4. The molecule has 0 atom stereocenters. The lowest BCUT2D eigenvalue weighted by Gasteiger charge is -2.21. The van der Waals surface area contributed by atoms with Crippen LogP contribution in [0.3, 0.4) is 0 Å². The van der Waals surface area contributed by atoms with Crippen molar-refractivity contribution in [3.05, 3.63) is 118 Å². The van der Waals surface area contributed by atoms with Gasteiger partial charge >= 0.3 is 0 Å². The van der Waals surface area contributed by atoms with E-state index in [-0.39, 0.29) is 0 Å². The number of aryl methyl sites for hydroxylation is 2. The molecule has 2 aliphatic rings. The summed E-state index contributed by atoms with van der Waals surface area (Å²) in [5.41, 5.74) is 8.88. The summed E-state index contributed by atoms with van der Waals surface area (Å²) < 4.78 is 9.21. The molecule has 4 rings (SSSR count). The predicted molar refractivity (Wildman–Crippen MR) is 274 cm³/mol. The molecule has 1 heterocycles. The second-order valence-corrected chi connectivity index (χ2v) is 19.0. The van der Waals surface area contributed by atoms with Crippen molar-refractivity contribution < 1.29 is 9.31 Å². The maximum Gasteiger partial charge on any atom is 0.199 e. The van der Waals surface area contributed by atoms with Crippen molar-refractivity contribution in [2.24, 2.45) is 0 Å². The quantitative estimate of drug-likeness (QED) is 0.0497. The van der Waals surface area contributed by atoms with Crippen molar-refractivity contribution in [3.8, 4) is 0 Å². The summed E-state index contributed by atoms with van der Waals surface area (Å²) in [5.74, 6) is 1.86. The van der Waals surface area contributed by atoms with Gasteiger partial charge in [-0.2, -0.15) is 0 Å². The van der Waals surface area contributed by atoms with Gasteiger partial charge in [0.25, 0.3) is 0 Å². The summed E-state index contributed by atoms with van der Waals surface area (Å²) in [4.78, 5) is 0. The molecular formula is C60H92NO+. The van der Waals surface area contributed by atoms with Crippen LogP contribution < -0.4 is 0 Å². The van der Waals surface area contributed by atoms with Crippen LogP contribution in [0.4, 0.5) is 0 Å². The number of hydrogen-bond donors (Lipinski definition) is 0. The van der Waals surface area contributed by atoms with Crippen molar-refractivity contribution in [1.82, 2.24) is 0 Å². The minimum Gasteiger partial charge on any atom is -0.456 e. The molecule has 1 aliphatic carbocycles. The van der Waals surface area contributed by atoms with E-state index in [2.05, 4.69) is 117 Å². The number of ether oxygens (including phenoxy) is 1. The number of benzene rings is 2. The first-order valence-corrected chi connectivity index (χ1v) is 26.6. The van der Waals surface area contributed by atoms with Crippen LogP contribution in [0.15, 0.2) is 96.1 Å². The first-order valence-electron chi connectivity index (χ1n) is 26.6. The molecule has 2 aromatic carbocycles. The molecule has 342 valence electrons. The van der Waals surface area contributed by atoms with Crippen LogP contribution in [0.1, 0.15) is 236 Å². The van der Waals surface area contributed by atoms with Gasteiger partial charge in [0.15, 0.2) is 5.71 Å². The number of nitrogens with zero attached hydrogens (tertiary/aromatic N) is 1. The molecule has 2 nitrogen and oxygen atoms in total. The molecule has 0 spiro atoms. The largest absolute Gasteiger partial charge is 0.456 e. The monoisotopic (exact) mass is 843 g/mol. The summed E-state index contributed by atoms with van der Waals surface area (Å²) in [5, 5.41) is 0. The smallest absolute Gasteiger partial charge is 0.199 e. The molecule has 0 N–H and O–H groups in total. The minimum absolute atomic E-state index is 0.930. The fourth-order valence-electron chi connectivity index (χ4n) is 9.13. The number of hydrogen-bond acceptors (Lipinski definition) is 1. The lowest BCUT2D eigenvalue weighted by Crippen LogP contribution is -2.16. The van der Waals surface area contributed by atoms with E-state index in [1.807, 2.05) is 0 Å². The molecule has 0 radical (unpaired) electrons. The molecule has 2 aromatic rings. The third kappa shape index (κ3) is 21.3. The molecule has 0 fully saturated rings. The number of allylic oxidation sites excluding steroid dienone is 8. The summed E-state index contributed by atoms with van der Waals surface area (Å²) >= 11 is 0. The Bertz CT molecular complexity index is 1560. The normalized spacial score (nSPS) is 13.8. The molecule has 0 bridgehead atoms. The van der Waals surface area contributed by atoms with Crippen molar-refractivity contribution >= 4 is 17.2 Å². The summed E-state index contributed by atoms with van der Waals surface area (Å²) in [6.07, 6.45) is 57.4. The average Bonchev–Trinajstić information content (AvgIpc) is 3.31.